The zero-order valence-corrected chi connectivity index (χ0v) is 16.1. The third-order valence-corrected chi connectivity index (χ3v) is 5.63. The molecule has 1 aliphatic heterocycles. The number of amides is 1. The number of aromatic nitrogens is 2. The lowest BCUT2D eigenvalue weighted by Gasteiger charge is -2.26. The van der Waals surface area contributed by atoms with Gasteiger partial charge in [0.2, 0.25) is 5.88 Å². The number of rotatable bonds is 7. The van der Waals surface area contributed by atoms with Crippen LogP contribution in [0.25, 0.3) is 10.2 Å². The van der Waals surface area contributed by atoms with Gasteiger partial charge in [0.1, 0.15) is 11.4 Å². The minimum atomic E-state index is -0.981. The van der Waals surface area contributed by atoms with Gasteiger partial charge in [0.25, 0.3) is 5.91 Å². The number of fused-ring (bicyclic) bond motifs is 1. The molecule has 27 heavy (non-hydrogen) atoms. The monoisotopic (exact) mass is 395 g/mol. The lowest BCUT2D eigenvalue weighted by atomic mass is 9.94. The smallest absolute Gasteiger partial charge is 0.305 e. The average molecular weight is 395 g/mol. The molecular formula is C17H21N3O6S. The molecule has 146 valence electrons. The molecule has 9 nitrogen and oxygen atoms in total. The van der Waals surface area contributed by atoms with E-state index in [1.54, 1.807) is 14.0 Å². The van der Waals surface area contributed by atoms with E-state index in [0.717, 1.165) is 0 Å². The first kappa shape index (κ1) is 19.5. The van der Waals surface area contributed by atoms with Gasteiger partial charge in [-0.1, -0.05) is 0 Å². The molecule has 2 aromatic rings. The summed E-state index contributed by atoms with van der Waals surface area (Å²) in [7, 11) is 3.05. The van der Waals surface area contributed by atoms with Crippen LogP contribution < -0.4 is 10.1 Å². The number of carbonyl (C=O) groups excluding carboxylic acids is 1. The summed E-state index contributed by atoms with van der Waals surface area (Å²) in [5.74, 6) is -0.492. The molecule has 1 amide bonds. The van der Waals surface area contributed by atoms with Gasteiger partial charge >= 0.3 is 5.97 Å². The lowest BCUT2D eigenvalue weighted by molar-refractivity contribution is -0.138. The van der Waals surface area contributed by atoms with E-state index in [9.17, 15) is 14.7 Å². The highest BCUT2D eigenvalue weighted by Gasteiger charge is 2.39. The Morgan fingerprint density at radius 2 is 2.15 bits per heavy atom. The predicted octanol–water partition coefficient (Wildman–Crippen LogP) is 1.52. The van der Waals surface area contributed by atoms with Crippen LogP contribution in [0.4, 0.5) is 0 Å². The standard InChI is InChI=1S/C17H21N3O6S/c1-9-12-15(25-3)18-10(7-24-2)19-16(12)27-13(9)14(23)20-17(6-11(21)22)4-5-26-8-17/h4-8H2,1-3H3,(H,20,23)(H,21,22). The second-order valence-electron chi connectivity index (χ2n) is 6.43. The Morgan fingerprint density at radius 3 is 2.74 bits per heavy atom. The van der Waals surface area contributed by atoms with E-state index in [4.69, 9.17) is 14.2 Å². The summed E-state index contributed by atoms with van der Waals surface area (Å²) < 4.78 is 15.8. The van der Waals surface area contributed by atoms with Gasteiger partial charge in [-0.05, 0) is 18.9 Å². The van der Waals surface area contributed by atoms with Crippen LogP contribution in [0.15, 0.2) is 0 Å². The van der Waals surface area contributed by atoms with E-state index in [0.29, 0.717) is 45.4 Å². The number of nitrogens with zero attached hydrogens (tertiary/aromatic N) is 2. The van der Waals surface area contributed by atoms with Crippen LogP contribution in [0, 0.1) is 6.92 Å². The van der Waals surface area contributed by atoms with Crippen molar-refractivity contribution in [3.05, 3.63) is 16.3 Å². The number of carboxylic acids is 1. The summed E-state index contributed by atoms with van der Waals surface area (Å²) in [4.78, 5) is 34.0. The van der Waals surface area contributed by atoms with Crippen molar-refractivity contribution in [2.24, 2.45) is 0 Å². The van der Waals surface area contributed by atoms with Crippen molar-refractivity contribution in [1.82, 2.24) is 15.3 Å². The Balaban J connectivity index is 1.97. The van der Waals surface area contributed by atoms with Gasteiger partial charge in [0.05, 0.1) is 35.9 Å². The summed E-state index contributed by atoms with van der Waals surface area (Å²) in [6.45, 7) is 2.61. The highest BCUT2D eigenvalue weighted by molar-refractivity contribution is 7.20. The molecule has 1 saturated heterocycles. The first-order valence-electron chi connectivity index (χ1n) is 8.34. The van der Waals surface area contributed by atoms with Crippen LogP contribution in [0.5, 0.6) is 5.88 Å². The molecule has 0 aliphatic carbocycles. The van der Waals surface area contributed by atoms with Crippen molar-refractivity contribution in [3.63, 3.8) is 0 Å². The van der Waals surface area contributed by atoms with Gasteiger partial charge in [0, 0.05) is 13.7 Å². The van der Waals surface area contributed by atoms with Gasteiger partial charge in [-0.3, -0.25) is 9.59 Å². The van der Waals surface area contributed by atoms with Crippen molar-refractivity contribution >= 4 is 33.4 Å². The number of methoxy groups -OCH3 is 2. The third kappa shape index (κ3) is 3.87. The molecule has 2 aromatic heterocycles. The summed E-state index contributed by atoms with van der Waals surface area (Å²) in [5.41, 5.74) is -0.208. The van der Waals surface area contributed by atoms with Gasteiger partial charge in [0.15, 0.2) is 5.82 Å². The molecule has 2 N–H and O–H groups in total. The second-order valence-corrected chi connectivity index (χ2v) is 7.43. The number of hydrogen-bond donors (Lipinski definition) is 2. The summed E-state index contributed by atoms with van der Waals surface area (Å²) in [6, 6.07) is 0. The highest BCUT2D eigenvalue weighted by atomic mass is 32.1. The Morgan fingerprint density at radius 1 is 1.37 bits per heavy atom. The number of thiophene rings is 1. The fourth-order valence-electron chi connectivity index (χ4n) is 3.18. The molecule has 3 rings (SSSR count). The molecule has 10 heteroatoms. The van der Waals surface area contributed by atoms with E-state index < -0.39 is 11.5 Å². The Hall–Kier alpha value is -2.30. The fraction of sp³-hybridized carbons (Fsp3) is 0.529. The lowest BCUT2D eigenvalue weighted by Crippen LogP contribution is -2.50. The van der Waals surface area contributed by atoms with Crippen molar-refractivity contribution in [2.75, 3.05) is 27.4 Å². The summed E-state index contributed by atoms with van der Waals surface area (Å²) in [5, 5.41) is 12.7. The number of nitrogens with one attached hydrogen (secondary N) is 1. The Kier molecular flexibility index (Phi) is 5.59. The maximum absolute atomic E-state index is 12.9. The first-order chi connectivity index (χ1) is 12.9. The quantitative estimate of drug-likeness (QED) is 0.724. The van der Waals surface area contributed by atoms with Gasteiger partial charge in [-0.15, -0.1) is 11.3 Å². The molecule has 0 radical (unpaired) electrons. The molecular weight excluding hydrogens is 374 g/mol. The van der Waals surface area contributed by atoms with Crippen LogP contribution in [0.3, 0.4) is 0 Å². The van der Waals surface area contributed by atoms with E-state index in [-0.39, 0.29) is 25.5 Å². The first-order valence-corrected chi connectivity index (χ1v) is 9.16. The maximum atomic E-state index is 12.9. The minimum absolute atomic E-state index is 0.177. The Bertz CT molecular complexity index is 875. The van der Waals surface area contributed by atoms with Gasteiger partial charge in [-0.25, -0.2) is 4.98 Å². The number of carbonyl (C=O) groups is 2. The number of hydrogen-bond acceptors (Lipinski definition) is 8. The summed E-state index contributed by atoms with van der Waals surface area (Å²) in [6.07, 6.45) is 0.264. The Labute approximate surface area is 159 Å². The molecule has 0 aromatic carbocycles. The van der Waals surface area contributed by atoms with Crippen LogP contribution >= 0.6 is 11.3 Å². The molecule has 0 spiro atoms. The number of carboxylic acid groups (broad SMARTS) is 1. The zero-order valence-electron chi connectivity index (χ0n) is 15.3. The van der Waals surface area contributed by atoms with Crippen molar-refractivity contribution in [2.45, 2.75) is 31.9 Å². The molecule has 3 heterocycles. The van der Waals surface area contributed by atoms with Crippen molar-refractivity contribution < 1.29 is 28.9 Å². The van der Waals surface area contributed by atoms with Crippen molar-refractivity contribution in [3.8, 4) is 5.88 Å². The second kappa shape index (κ2) is 7.75. The van der Waals surface area contributed by atoms with Crippen molar-refractivity contribution in [1.29, 1.82) is 0 Å². The predicted molar refractivity (Wildman–Crippen MR) is 97.3 cm³/mol. The SMILES string of the molecule is COCc1nc(OC)c2c(C)c(C(=O)NC3(CC(=O)O)CCOC3)sc2n1. The van der Waals surface area contributed by atoms with Crippen LogP contribution in [0.2, 0.25) is 0 Å². The molecule has 1 fully saturated rings. The van der Waals surface area contributed by atoms with Gasteiger partial charge in [-0.2, -0.15) is 4.98 Å². The highest BCUT2D eigenvalue weighted by Crippen LogP contribution is 2.35. The molecule has 1 atom stereocenters. The maximum Gasteiger partial charge on any atom is 0.305 e. The van der Waals surface area contributed by atoms with E-state index in [1.807, 2.05) is 0 Å². The summed E-state index contributed by atoms with van der Waals surface area (Å²) >= 11 is 1.22. The number of aryl methyl sites for hydroxylation is 1. The average Bonchev–Trinajstić information content (AvgIpc) is 3.19. The van der Waals surface area contributed by atoms with E-state index in [1.165, 1.54) is 18.4 Å². The molecule has 0 bridgehead atoms. The van der Waals surface area contributed by atoms with Crippen LogP contribution in [0.1, 0.15) is 33.9 Å². The van der Waals surface area contributed by atoms with Crippen LogP contribution in [-0.4, -0.2) is 59.9 Å². The number of aliphatic carboxylic acids is 1. The number of ether oxygens (including phenoxy) is 3. The van der Waals surface area contributed by atoms with E-state index >= 15 is 0 Å². The molecule has 0 saturated carbocycles. The third-order valence-electron chi connectivity index (χ3n) is 4.45. The zero-order chi connectivity index (χ0) is 19.6. The normalized spacial score (nSPS) is 19.4. The van der Waals surface area contributed by atoms with Crippen LogP contribution in [-0.2, 0) is 20.9 Å². The fourth-order valence-corrected chi connectivity index (χ4v) is 4.26. The minimum Gasteiger partial charge on any atom is -0.481 e. The van der Waals surface area contributed by atoms with E-state index in [2.05, 4.69) is 15.3 Å². The molecule has 1 aliphatic rings. The topological polar surface area (TPSA) is 120 Å². The van der Waals surface area contributed by atoms with Gasteiger partial charge < -0.3 is 24.6 Å². The largest absolute Gasteiger partial charge is 0.481 e. The molecule has 1 unspecified atom stereocenters.